The normalized spacial score (nSPS) is 9.92. The first-order chi connectivity index (χ1) is 6.07. The minimum absolute atomic E-state index is 0.0231. The van der Waals surface area contributed by atoms with Gasteiger partial charge in [-0.25, -0.2) is 0 Å². The number of nitrogens with zero attached hydrogens (tertiary/aromatic N) is 3. The predicted molar refractivity (Wildman–Crippen MR) is 41.3 cm³/mol. The van der Waals surface area contributed by atoms with Crippen molar-refractivity contribution in [3.63, 3.8) is 0 Å². The van der Waals surface area contributed by atoms with E-state index >= 15 is 0 Å². The molecule has 1 aromatic rings. The van der Waals surface area contributed by atoms with Crippen molar-refractivity contribution < 1.29 is 9.85 Å². The Hall–Kier alpha value is -1.99. The number of hydrogen-bond donors (Lipinski definition) is 1. The van der Waals surface area contributed by atoms with Gasteiger partial charge >= 0.3 is 11.6 Å². The van der Waals surface area contributed by atoms with Gasteiger partial charge in [-0.3, -0.25) is 0 Å². The molecule has 8 nitrogen and oxygen atoms in total. The van der Waals surface area contributed by atoms with Crippen LogP contribution in [0.25, 0.3) is 0 Å². The highest BCUT2D eigenvalue weighted by Gasteiger charge is 2.29. The Labute approximate surface area is 71.9 Å². The van der Waals surface area contributed by atoms with E-state index < -0.39 is 21.5 Å². The summed E-state index contributed by atoms with van der Waals surface area (Å²) in [5, 5.41) is 25.9. The van der Waals surface area contributed by atoms with E-state index in [1.54, 1.807) is 6.92 Å². The summed E-state index contributed by atoms with van der Waals surface area (Å²) in [5.74, 6) is -0.886. The second kappa shape index (κ2) is 3.17. The Bertz CT molecular complexity index is 326. The monoisotopic (exact) mass is 186 g/mol. The standard InChI is InChI=1S/C5H6N4O4/c1-2-3-4(8(10)11)6-7-5(3)9(12)13/h2H2,1H3,(H,6,7). The zero-order valence-corrected chi connectivity index (χ0v) is 6.68. The fraction of sp³-hybridized carbons (Fsp3) is 0.400. The maximum Gasteiger partial charge on any atom is 0.423 e. The summed E-state index contributed by atoms with van der Waals surface area (Å²) >= 11 is 0. The van der Waals surface area contributed by atoms with Crippen molar-refractivity contribution in [3.8, 4) is 0 Å². The topological polar surface area (TPSA) is 115 Å². The summed E-state index contributed by atoms with van der Waals surface area (Å²) in [6, 6.07) is 0. The number of rotatable bonds is 3. The van der Waals surface area contributed by atoms with Gasteiger partial charge in [-0.15, -0.1) is 0 Å². The molecule has 70 valence electrons. The van der Waals surface area contributed by atoms with Crippen LogP contribution in [-0.2, 0) is 6.42 Å². The zero-order chi connectivity index (χ0) is 10.0. The average Bonchev–Trinajstić information content (AvgIpc) is 2.46. The molecular weight excluding hydrogens is 180 g/mol. The summed E-state index contributed by atoms with van der Waals surface area (Å²) in [6.45, 7) is 1.59. The Morgan fingerprint density at radius 3 is 2.38 bits per heavy atom. The van der Waals surface area contributed by atoms with Gasteiger partial charge in [0.2, 0.25) is 0 Å². The zero-order valence-electron chi connectivity index (χ0n) is 6.68. The number of H-pyrrole nitrogens is 1. The number of hydrogen-bond acceptors (Lipinski definition) is 5. The molecule has 0 saturated heterocycles. The van der Waals surface area contributed by atoms with Crippen molar-refractivity contribution in [1.29, 1.82) is 0 Å². The van der Waals surface area contributed by atoms with E-state index in [4.69, 9.17) is 0 Å². The van der Waals surface area contributed by atoms with Crippen molar-refractivity contribution in [3.05, 3.63) is 25.8 Å². The summed E-state index contributed by atoms with van der Waals surface area (Å²) in [5.41, 5.74) is 0.0231. The molecule has 0 aromatic carbocycles. The lowest BCUT2D eigenvalue weighted by Crippen LogP contribution is -1.95. The van der Waals surface area contributed by atoms with E-state index in [-0.39, 0.29) is 12.0 Å². The molecule has 0 spiro atoms. The Morgan fingerprint density at radius 2 is 2.00 bits per heavy atom. The molecule has 0 fully saturated rings. The molecule has 0 bridgehead atoms. The van der Waals surface area contributed by atoms with Crippen LogP contribution in [0.1, 0.15) is 12.5 Å². The van der Waals surface area contributed by atoms with Crippen LogP contribution in [0.4, 0.5) is 11.6 Å². The van der Waals surface area contributed by atoms with Gasteiger partial charge in [0.15, 0.2) is 5.56 Å². The highest BCUT2D eigenvalue weighted by Crippen LogP contribution is 2.24. The molecule has 0 radical (unpaired) electrons. The van der Waals surface area contributed by atoms with Crippen LogP contribution >= 0.6 is 0 Å². The second-order valence-electron chi connectivity index (χ2n) is 2.24. The third-order valence-electron chi connectivity index (χ3n) is 1.53. The first-order valence-corrected chi connectivity index (χ1v) is 3.44. The van der Waals surface area contributed by atoms with Gasteiger partial charge in [-0.05, 0) is 21.4 Å². The minimum atomic E-state index is -0.748. The third-order valence-corrected chi connectivity index (χ3v) is 1.53. The number of aromatic nitrogens is 2. The van der Waals surface area contributed by atoms with Crippen LogP contribution < -0.4 is 0 Å². The first-order valence-electron chi connectivity index (χ1n) is 3.44. The smallest absolute Gasteiger partial charge is 0.358 e. The van der Waals surface area contributed by atoms with Gasteiger partial charge in [-0.1, -0.05) is 6.92 Å². The Balaban J connectivity index is 3.26. The number of nitro groups is 2. The fourth-order valence-corrected chi connectivity index (χ4v) is 0.974. The van der Waals surface area contributed by atoms with Crippen molar-refractivity contribution >= 4 is 11.6 Å². The molecular formula is C5H6N4O4. The average molecular weight is 186 g/mol. The predicted octanol–water partition coefficient (Wildman–Crippen LogP) is 0.788. The van der Waals surface area contributed by atoms with E-state index in [1.165, 1.54) is 0 Å². The lowest BCUT2D eigenvalue weighted by Gasteiger charge is -1.92. The molecule has 8 heteroatoms. The molecule has 1 rings (SSSR count). The lowest BCUT2D eigenvalue weighted by molar-refractivity contribution is -0.395. The Kier molecular flexibility index (Phi) is 2.22. The van der Waals surface area contributed by atoms with Crippen molar-refractivity contribution in [2.45, 2.75) is 13.3 Å². The van der Waals surface area contributed by atoms with Gasteiger partial charge in [0, 0.05) is 0 Å². The van der Waals surface area contributed by atoms with E-state index in [9.17, 15) is 20.2 Å². The van der Waals surface area contributed by atoms with Gasteiger partial charge < -0.3 is 20.2 Å². The highest BCUT2D eigenvalue weighted by molar-refractivity contribution is 5.44. The minimum Gasteiger partial charge on any atom is -0.358 e. The van der Waals surface area contributed by atoms with E-state index in [0.717, 1.165) is 0 Å². The van der Waals surface area contributed by atoms with E-state index in [2.05, 4.69) is 5.10 Å². The van der Waals surface area contributed by atoms with Gasteiger partial charge in [-0.2, -0.15) is 0 Å². The molecule has 0 aliphatic heterocycles. The Morgan fingerprint density at radius 1 is 1.38 bits per heavy atom. The molecule has 0 aliphatic rings. The number of nitrogens with one attached hydrogen (secondary N) is 1. The van der Waals surface area contributed by atoms with Gasteiger partial charge in [0.1, 0.15) is 5.10 Å². The van der Waals surface area contributed by atoms with Crippen LogP contribution in [0, 0.1) is 20.2 Å². The van der Waals surface area contributed by atoms with Crippen LogP contribution in [0.5, 0.6) is 0 Å². The molecule has 1 N–H and O–H groups in total. The summed E-state index contributed by atoms with van der Waals surface area (Å²) in [6.07, 6.45) is 0.198. The van der Waals surface area contributed by atoms with Crippen LogP contribution in [0.2, 0.25) is 0 Å². The second-order valence-corrected chi connectivity index (χ2v) is 2.24. The third kappa shape index (κ3) is 1.45. The van der Waals surface area contributed by atoms with Gasteiger partial charge in [0.05, 0.1) is 0 Å². The highest BCUT2D eigenvalue weighted by atomic mass is 16.6. The first kappa shape index (κ1) is 9.10. The van der Waals surface area contributed by atoms with Crippen LogP contribution in [0.3, 0.4) is 0 Å². The van der Waals surface area contributed by atoms with E-state index in [1.807, 2.05) is 5.10 Å². The summed E-state index contributed by atoms with van der Waals surface area (Å²) in [4.78, 5) is 19.2. The molecule has 1 heterocycles. The van der Waals surface area contributed by atoms with Crippen LogP contribution in [-0.4, -0.2) is 20.0 Å². The van der Waals surface area contributed by atoms with Crippen LogP contribution in [0.15, 0.2) is 0 Å². The molecule has 0 aliphatic carbocycles. The van der Waals surface area contributed by atoms with Gasteiger partial charge in [0.25, 0.3) is 0 Å². The summed E-state index contributed by atoms with van der Waals surface area (Å²) in [7, 11) is 0. The SMILES string of the molecule is CCc1c([N+](=O)[O-])n[nH]c1[N+](=O)[O-]. The molecule has 0 amide bonds. The molecule has 13 heavy (non-hydrogen) atoms. The summed E-state index contributed by atoms with van der Waals surface area (Å²) < 4.78 is 0. The largest absolute Gasteiger partial charge is 0.423 e. The molecule has 0 unspecified atom stereocenters. The lowest BCUT2D eigenvalue weighted by atomic mass is 10.2. The van der Waals surface area contributed by atoms with Crippen molar-refractivity contribution in [2.24, 2.45) is 0 Å². The molecule has 0 atom stereocenters. The van der Waals surface area contributed by atoms with Crippen molar-refractivity contribution in [2.75, 3.05) is 0 Å². The molecule has 0 saturated carbocycles. The molecule has 1 aromatic heterocycles. The fourth-order valence-electron chi connectivity index (χ4n) is 0.974. The maximum absolute atomic E-state index is 10.3. The maximum atomic E-state index is 10.3. The van der Waals surface area contributed by atoms with E-state index in [0.29, 0.717) is 0 Å². The quantitative estimate of drug-likeness (QED) is 0.553. The number of aromatic amines is 1. The van der Waals surface area contributed by atoms with Crippen molar-refractivity contribution in [1.82, 2.24) is 10.2 Å².